The fraction of sp³-hybridized carbons (Fsp3) is 0.467. The van der Waals surface area contributed by atoms with Gasteiger partial charge in [0.2, 0.25) is 0 Å². The Morgan fingerprint density at radius 3 is 2.10 bits per heavy atom. The number of aromatic carboxylic acids is 1. The van der Waals surface area contributed by atoms with Crippen molar-refractivity contribution in [2.24, 2.45) is 0 Å². The molecular weight excluding hydrogens is 260 g/mol. The molecular formula is C15H20O5. The highest BCUT2D eigenvalue weighted by Crippen LogP contribution is 2.13. The molecule has 20 heavy (non-hydrogen) atoms. The van der Waals surface area contributed by atoms with Crippen LogP contribution < -0.4 is 4.74 Å². The predicted octanol–water partition coefficient (Wildman–Crippen LogP) is 3.19. The molecule has 110 valence electrons. The van der Waals surface area contributed by atoms with Crippen LogP contribution in [0, 0.1) is 0 Å². The molecule has 0 aliphatic rings. The molecule has 0 saturated heterocycles. The van der Waals surface area contributed by atoms with Crippen LogP contribution in [0.3, 0.4) is 0 Å². The highest BCUT2D eigenvalue weighted by molar-refractivity contribution is 5.87. The summed E-state index contributed by atoms with van der Waals surface area (Å²) in [6.45, 7) is 0.589. The van der Waals surface area contributed by atoms with Crippen molar-refractivity contribution in [3.63, 3.8) is 0 Å². The summed E-state index contributed by atoms with van der Waals surface area (Å²) >= 11 is 0. The molecule has 0 aliphatic carbocycles. The van der Waals surface area contributed by atoms with Crippen molar-refractivity contribution in [2.45, 2.75) is 38.5 Å². The van der Waals surface area contributed by atoms with E-state index < -0.39 is 11.9 Å². The summed E-state index contributed by atoms with van der Waals surface area (Å²) in [6, 6.07) is 6.33. The standard InChI is InChI=1S/C15H20O5/c16-14(17)6-4-2-1-3-5-11-20-13-9-7-12(8-10-13)15(18)19/h7-10H,1-6,11H2,(H,16,17)(H,18,19). The third-order valence-corrected chi connectivity index (χ3v) is 2.90. The van der Waals surface area contributed by atoms with Gasteiger partial charge in [0.1, 0.15) is 5.75 Å². The third kappa shape index (κ3) is 6.78. The summed E-state index contributed by atoms with van der Waals surface area (Å²) in [7, 11) is 0. The zero-order valence-corrected chi connectivity index (χ0v) is 11.4. The average molecular weight is 280 g/mol. The lowest BCUT2D eigenvalue weighted by molar-refractivity contribution is -0.137. The molecule has 2 N–H and O–H groups in total. The lowest BCUT2D eigenvalue weighted by atomic mass is 10.1. The van der Waals surface area contributed by atoms with E-state index in [9.17, 15) is 9.59 Å². The van der Waals surface area contributed by atoms with E-state index >= 15 is 0 Å². The Morgan fingerprint density at radius 1 is 0.900 bits per heavy atom. The Hall–Kier alpha value is -2.04. The van der Waals surface area contributed by atoms with E-state index in [0.717, 1.165) is 32.1 Å². The fourth-order valence-electron chi connectivity index (χ4n) is 1.79. The first-order valence-electron chi connectivity index (χ1n) is 6.77. The second-order valence-corrected chi connectivity index (χ2v) is 4.59. The molecule has 0 radical (unpaired) electrons. The molecule has 0 unspecified atom stereocenters. The van der Waals surface area contributed by atoms with Gasteiger partial charge in [0, 0.05) is 6.42 Å². The van der Waals surface area contributed by atoms with Crippen molar-refractivity contribution in [2.75, 3.05) is 6.61 Å². The second-order valence-electron chi connectivity index (χ2n) is 4.59. The van der Waals surface area contributed by atoms with Gasteiger partial charge in [-0.05, 0) is 37.1 Å². The van der Waals surface area contributed by atoms with E-state index in [1.54, 1.807) is 12.1 Å². The van der Waals surface area contributed by atoms with E-state index in [0.29, 0.717) is 12.4 Å². The number of rotatable bonds is 10. The van der Waals surface area contributed by atoms with Crippen LogP contribution in [0.2, 0.25) is 0 Å². The van der Waals surface area contributed by atoms with E-state index in [4.69, 9.17) is 14.9 Å². The normalized spacial score (nSPS) is 10.2. The molecule has 1 rings (SSSR count). The smallest absolute Gasteiger partial charge is 0.335 e. The predicted molar refractivity (Wildman–Crippen MR) is 74.2 cm³/mol. The Bertz CT molecular complexity index is 424. The van der Waals surface area contributed by atoms with Gasteiger partial charge in [-0.3, -0.25) is 4.79 Å². The fourth-order valence-corrected chi connectivity index (χ4v) is 1.79. The molecule has 0 aliphatic heterocycles. The molecule has 0 spiro atoms. The minimum atomic E-state index is -0.946. The largest absolute Gasteiger partial charge is 0.494 e. The van der Waals surface area contributed by atoms with Crippen LogP contribution in [0.5, 0.6) is 5.75 Å². The molecule has 0 amide bonds. The minimum Gasteiger partial charge on any atom is -0.494 e. The van der Waals surface area contributed by atoms with Crippen LogP contribution in [0.1, 0.15) is 48.9 Å². The summed E-state index contributed by atoms with van der Waals surface area (Å²) in [5, 5.41) is 17.2. The molecule has 0 heterocycles. The minimum absolute atomic E-state index is 0.242. The Morgan fingerprint density at radius 2 is 1.50 bits per heavy atom. The molecule has 0 atom stereocenters. The molecule has 5 heteroatoms. The number of benzene rings is 1. The molecule has 0 aromatic heterocycles. The van der Waals surface area contributed by atoms with Crippen molar-refractivity contribution in [3.8, 4) is 5.75 Å². The first kappa shape index (κ1) is 16.0. The molecule has 1 aromatic carbocycles. The molecule has 0 saturated carbocycles. The molecule has 0 fully saturated rings. The summed E-state index contributed by atoms with van der Waals surface area (Å²) in [6.07, 6.45) is 4.83. The van der Waals surface area contributed by atoms with Crippen LogP contribution in [0.4, 0.5) is 0 Å². The highest BCUT2D eigenvalue weighted by atomic mass is 16.5. The zero-order valence-electron chi connectivity index (χ0n) is 11.4. The number of aliphatic carboxylic acids is 1. The molecule has 1 aromatic rings. The number of ether oxygens (including phenoxy) is 1. The van der Waals surface area contributed by atoms with Crippen LogP contribution in [-0.4, -0.2) is 28.8 Å². The van der Waals surface area contributed by atoms with Gasteiger partial charge < -0.3 is 14.9 Å². The monoisotopic (exact) mass is 280 g/mol. The van der Waals surface area contributed by atoms with Gasteiger partial charge in [0.15, 0.2) is 0 Å². The van der Waals surface area contributed by atoms with Gasteiger partial charge in [-0.2, -0.15) is 0 Å². The summed E-state index contributed by atoms with van der Waals surface area (Å²) in [5.74, 6) is -1.02. The summed E-state index contributed by atoms with van der Waals surface area (Å²) in [4.78, 5) is 21.0. The quantitative estimate of drug-likeness (QED) is 0.643. The first-order chi connectivity index (χ1) is 9.59. The average Bonchev–Trinajstić information content (AvgIpc) is 2.42. The third-order valence-electron chi connectivity index (χ3n) is 2.90. The van der Waals surface area contributed by atoms with Crippen molar-refractivity contribution >= 4 is 11.9 Å². The Kier molecular flexibility index (Phi) is 7.17. The Balaban J connectivity index is 2.06. The maximum Gasteiger partial charge on any atom is 0.335 e. The van der Waals surface area contributed by atoms with Crippen molar-refractivity contribution in [3.05, 3.63) is 29.8 Å². The molecule has 0 bridgehead atoms. The van der Waals surface area contributed by atoms with Crippen molar-refractivity contribution in [1.82, 2.24) is 0 Å². The van der Waals surface area contributed by atoms with Gasteiger partial charge in [-0.1, -0.05) is 19.3 Å². The maximum atomic E-state index is 10.7. The summed E-state index contributed by atoms with van der Waals surface area (Å²) in [5.41, 5.74) is 0.246. The van der Waals surface area contributed by atoms with Gasteiger partial charge in [-0.15, -0.1) is 0 Å². The van der Waals surface area contributed by atoms with Gasteiger partial charge in [0.25, 0.3) is 0 Å². The number of unbranched alkanes of at least 4 members (excludes halogenated alkanes) is 4. The van der Waals surface area contributed by atoms with Gasteiger partial charge >= 0.3 is 11.9 Å². The van der Waals surface area contributed by atoms with Crippen molar-refractivity contribution < 1.29 is 24.5 Å². The lowest BCUT2D eigenvalue weighted by Crippen LogP contribution is -1.99. The number of carboxylic acids is 2. The summed E-state index contributed by atoms with van der Waals surface area (Å²) < 4.78 is 5.50. The number of hydrogen-bond acceptors (Lipinski definition) is 3. The number of hydrogen-bond donors (Lipinski definition) is 2. The second kappa shape index (κ2) is 8.96. The zero-order chi connectivity index (χ0) is 14.8. The van der Waals surface area contributed by atoms with Crippen LogP contribution in [-0.2, 0) is 4.79 Å². The number of carbonyl (C=O) groups is 2. The molecule has 5 nitrogen and oxygen atoms in total. The lowest BCUT2D eigenvalue weighted by Gasteiger charge is -2.06. The first-order valence-corrected chi connectivity index (χ1v) is 6.77. The van der Waals surface area contributed by atoms with Crippen LogP contribution in [0.15, 0.2) is 24.3 Å². The van der Waals surface area contributed by atoms with E-state index in [-0.39, 0.29) is 12.0 Å². The maximum absolute atomic E-state index is 10.7. The van der Waals surface area contributed by atoms with Gasteiger partial charge in [0.05, 0.1) is 12.2 Å². The number of carboxylic acid groups (broad SMARTS) is 2. The van der Waals surface area contributed by atoms with E-state index in [1.165, 1.54) is 12.1 Å². The SMILES string of the molecule is O=C(O)CCCCCCCOc1ccc(C(=O)O)cc1. The topological polar surface area (TPSA) is 83.8 Å². The van der Waals surface area contributed by atoms with E-state index in [2.05, 4.69) is 0 Å². The van der Waals surface area contributed by atoms with E-state index in [1.807, 2.05) is 0 Å². The Labute approximate surface area is 118 Å². The van der Waals surface area contributed by atoms with Crippen LogP contribution >= 0.6 is 0 Å². The van der Waals surface area contributed by atoms with Crippen molar-refractivity contribution in [1.29, 1.82) is 0 Å². The van der Waals surface area contributed by atoms with Crippen LogP contribution in [0.25, 0.3) is 0 Å². The highest BCUT2D eigenvalue weighted by Gasteiger charge is 2.02. The van der Waals surface area contributed by atoms with Gasteiger partial charge in [-0.25, -0.2) is 4.79 Å².